The number of amides is 1. The van der Waals surface area contributed by atoms with Gasteiger partial charge in [-0.3, -0.25) is 4.79 Å². The molecule has 6 nitrogen and oxygen atoms in total. The zero-order valence-corrected chi connectivity index (χ0v) is 14.1. The summed E-state index contributed by atoms with van der Waals surface area (Å²) in [5, 5.41) is 10.7. The van der Waals surface area contributed by atoms with Gasteiger partial charge in [-0.1, -0.05) is 5.92 Å². The molecule has 0 saturated heterocycles. The van der Waals surface area contributed by atoms with E-state index in [-0.39, 0.29) is 12.4 Å². The van der Waals surface area contributed by atoms with Gasteiger partial charge >= 0.3 is 6.09 Å². The molecule has 0 aromatic heterocycles. The maximum Gasteiger partial charge on any atom is 0.404 e. The van der Waals surface area contributed by atoms with Gasteiger partial charge in [-0.25, -0.2) is 4.79 Å². The first-order chi connectivity index (χ1) is 12.6. The monoisotopic (exact) mass is 353 g/mol. The summed E-state index contributed by atoms with van der Waals surface area (Å²) >= 11 is 0. The lowest BCUT2D eigenvalue weighted by Gasteiger charge is -2.08. The molecule has 0 fully saturated rings. The summed E-state index contributed by atoms with van der Waals surface area (Å²) in [4.78, 5) is 22.8. The summed E-state index contributed by atoms with van der Waals surface area (Å²) < 4.78 is 10.8. The lowest BCUT2D eigenvalue weighted by molar-refractivity contribution is 0.103. The van der Waals surface area contributed by atoms with Crippen molar-refractivity contribution in [1.82, 2.24) is 5.32 Å². The maximum atomic E-state index is 12.5. The van der Waals surface area contributed by atoms with E-state index in [1.165, 1.54) is 0 Å². The highest BCUT2D eigenvalue weighted by Gasteiger charge is 2.09. The Hall–Kier alpha value is -3.46. The average molecular weight is 353 g/mol. The molecule has 0 aliphatic carbocycles. The molecule has 0 saturated carbocycles. The highest BCUT2D eigenvalue weighted by Crippen LogP contribution is 2.18. The van der Waals surface area contributed by atoms with E-state index in [4.69, 9.17) is 21.0 Å². The molecule has 0 aliphatic heterocycles. The number of nitrogens with one attached hydrogen (secondary N) is 1. The predicted molar refractivity (Wildman–Crippen MR) is 96.8 cm³/mol. The standard InChI is InChI=1S/C20H19NO5/c1-2-13-25-17-8-4-15(5-9-17)19(22)16-6-10-18(11-7-16)26-14-3-12-21-20(23)24/h1,4-11,21H,3,12-14H2,(H,23,24). The molecular formula is C20H19NO5. The molecule has 0 radical (unpaired) electrons. The molecule has 0 unspecified atom stereocenters. The fourth-order valence-corrected chi connectivity index (χ4v) is 2.15. The first kappa shape index (κ1) is 18.9. The molecule has 2 N–H and O–H groups in total. The number of terminal acetylenes is 1. The third-order valence-electron chi connectivity index (χ3n) is 3.42. The topological polar surface area (TPSA) is 84.9 Å². The number of carbonyl (C=O) groups excluding carboxylic acids is 1. The molecule has 6 heteroatoms. The molecule has 2 aromatic carbocycles. The number of rotatable bonds is 9. The van der Waals surface area contributed by atoms with E-state index >= 15 is 0 Å². The van der Waals surface area contributed by atoms with E-state index in [0.29, 0.717) is 42.2 Å². The van der Waals surface area contributed by atoms with Crippen LogP contribution < -0.4 is 14.8 Å². The summed E-state index contributed by atoms with van der Waals surface area (Å²) in [6.45, 7) is 0.890. The molecule has 1 amide bonds. The smallest absolute Gasteiger partial charge is 0.404 e. The number of carboxylic acid groups (broad SMARTS) is 1. The number of ether oxygens (including phenoxy) is 2. The first-order valence-electron chi connectivity index (χ1n) is 8.01. The SMILES string of the molecule is C#CCOc1ccc(C(=O)c2ccc(OCCCNC(=O)O)cc2)cc1. The van der Waals surface area contributed by atoms with Crippen LogP contribution in [0.15, 0.2) is 48.5 Å². The van der Waals surface area contributed by atoms with Gasteiger partial charge in [-0.2, -0.15) is 0 Å². The minimum atomic E-state index is -1.05. The Morgan fingerprint density at radius 2 is 1.50 bits per heavy atom. The Labute approximate surface area is 151 Å². The van der Waals surface area contributed by atoms with Crippen molar-refractivity contribution < 1.29 is 24.2 Å². The van der Waals surface area contributed by atoms with Crippen LogP contribution in [0.4, 0.5) is 4.79 Å². The Balaban J connectivity index is 1.88. The molecule has 134 valence electrons. The molecule has 0 atom stereocenters. The summed E-state index contributed by atoms with van der Waals surface area (Å²) in [5.41, 5.74) is 1.09. The highest BCUT2D eigenvalue weighted by atomic mass is 16.5. The minimum absolute atomic E-state index is 0.106. The van der Waals surface area contributed by atoms with E-state index in [1.54, 1.807) is 48.5 Å². The highest BCUT2D eigenvalue weighted by molar-refractivity contribution is 6.09. The first-order valence-corrected chi connectivity index (χ1v) is 8.01. The molecule has 0 aliphatic rings. The predicted octanol–water partition coefficient (Wildman–Crippen LogP) is 2.97. The Kier molecular flexibility index (Phi) is 7.07. The number of ketones is 1. The molecule has 0 bridgehead atoms. The Bertz CT molecular complexity index is 775. The van der Waals surface area contributed by atoms with Gasteiger partial charge in [-0.15, -0.1) is 6.42 Å². The molecule has 26 heavy (non-hydrogen) atoms. The van der Waals surface area contributed by atoms with Crippen molar-refractivity contribution in [1.29, 1.82) is 0 Å². The van der Waals surface area contributed by atoms with Gasteiger partial charge in [0.05, 0.1) is 6.61 Å². The van der Waals surface area contributed by atoms with E-state index in [0.717, 1.165) is 0 Å². The number of hydrogen-bond acceptors (Lipinski definition) is 4. The van der Waals surface area contributed by atoms with Crippen molar-refractivity contribution in [3.05, 3.63) is 59.7 Å². The third-order valence-corrected chi connectivity index (χ3v) is 3.42. The van der Waals surface area contributed by atoms with Crippen molar-refractivity contribution in [2.45, 2.75) is 6.42 Å². The van der Waals surface area contributed by atoms with Gasteiger partial charge < -0.3 is 19.9 Å². The van der Waals surface area contributed by atoms with Crippen molar-refractivity contribution >= 4 is 11.9 Å². The van der Waals surface area contributed by atoms with Gasteiger partial charge in [0.2, 0.25) is 0 Å². The van der Waals surface area contributed by atoms with Crippen molar-refractivity contribution in [2.24, 2.45) is 0 Å². The number of hydrogen-bond donors (Lipinski definition) is 2. The van der Waals surface area contributed by atoms with Crippen LogP contribution in [0, 0.1) is 12.3 Å². The minimum Gasteiger partial charge on any atom is -0.494 e. The molecule has 2 rings (SSSR count). The van der Waals surface area contributed by atoms with Crippen molar-refractivity contribution in [2.75, 3.05) is 19.8 Å². The number of benzene rings is 2. The van der Waals surface area contributed by atoms with Crippen LogP contribution in [0.1, 0.15) is 22.3 Å². The second-order valence-corrected chi connectivity index (χ2v) is 5.30. The van der Waals surface area contributed by atoms with E-state index < -0.39 is 6.09 Å². The van der Waals surface area contributed by atoms with Gasteiger partial charge in [0, 0.05) is 17.7 Å². The molecule has 2 aromatic rings. The van der Waals surface area contributed by atoms with Crippen LogP contribution in [-0.4, -0.2) is 36.7 Å². The molecule has 0 heterocycles. The van der Waals surface area contributed by atoms with Crippen molar-refractivity contribution in [3.8, 4) is 23.8 Å². The second-order valence-electron chi connectivity index (χ2n) is 5.30. The third kappa shape index (κ3) is 5.87. The van der Waals surface area contributed by atoms with Gasteiger partial charge in [-0.05, 0) is 55.0 Å². The number of carbonyl (C=O) groups is 2. The van der Waals surface area contributed by atoms with Crippen LogP contribution in [0.2, 0.25) is 0 Å². The van der Waals surface area contributed by atoms with Gasteiger partial charge in [0.1, 0.15) is 18.1 Å². The van der Waals surface area contributed by atoms with Crippen LogP contribution in [0.5, 0.6) is 11.5 Å². The molecular weight excluding hydrogens is 334 g/mol. The van der Waals surface area contributed by atoms with E-state index in [9.17, 15) is 9.59 Å². The molecule has 0 spiro atoms. The maximum absolute atomic E-state index is 12.5. The second kappa shape index (κ2) is 9.74. The van der Waals surface area contributed by atoms with Crippen LogP contribution in [0.25, 0.3) is 0 Å². The average Bonchev–Trinajstić information content (AvgIpc) is 2.66. The lowest BCUT2D eigenvalue weighted by Crippen LogP contribution is -2.23. The largest absolute Gasteiger partial charge is 0.494 e. The van der Waals surface area contributed by atoms with E-state index in [1.807, 2.05) is 0 Å². The quantitative estimate of drug-likeness (QED) is 0.411. The summed E-state index contributed by atoms with van der Waals surface area (Å²) in [6, 6.07) is 13.6. The Morgan fingerprint density at radius 3 is 2.00 bits per heavy atom. The summed E-state index contributed by atoms with van der Waals surface area (Å²) in [5.74, 6) is 3.51. The zero-order valence-electron chi connectivity index (χ0n) is 14.1. The van der Waals surface area contributed by atoms with Gasteiger partial charge in [0.25, 0.3) is 0 Å². The lowest BCUT2D eigenvalue weighted by atomic mass is 10.0. The fraction of sp³-hybridized carbons (Fsp3) is 0.200. The fourth-order valence-electron chi connectivity index (χ4n) is 2.15. The van der Waals surface area contributed by atoms with Crippen LogP contribution >= 0.6 is 0 Å². The van der Waals surface area contributed by atoms with Crippen molar-refractivity contribution in [3.63, 3.8) is 0 Å². The van der Waals surface area contributed by atoms with Crippen LogP contribution in [-0.2, 0) is 0 Å². The van der Waals surface area contributed by atoms with E-state index in [2.05, 4.69) is 11.2 Å². The van der Waals surface area contributed by atoms with Crippen LogP contribution in [0.3, 0.4) is 0 Å². The Morgan fingerprint density at radius 1 is 0.962 bits per heavy atom. The normalized spacial score (nSPS) is 9.81. The summed E-state index contributed by atoms with van der Waals surface area (Å²) in [7, 11) is 0. The zero-order chi connectivity index (χ0) is 18.8. The summed E-state index contributed by atoms with van der Waals surface area (Å²) in [6.07, 6.45) is 4.64. The van der Waals surface area contributed by atoms with Gasteiger partial charge in [0.15, 0.2) is 5.78 Å².